The molecular formula is C24H26N2. The van der Waals surface area contributed by atoms with E-state index in [0.29, 0.717) is 12.1 Å². The summed E-state index contributed by atoms with van der Waals surface area (Å²) in [6.45, 7) is 5.34. The molecule has 2 aromatic rings. The topological polar surface area (TPSA) is 27.0 Å². The Bertz CT molecular complexity index is 850. The van der Waals surface area contributed by atoms with Gasteiger partial charge in [0, 0.05) is 18.6 Å². The summed E-state index contributed by atoms with van der Waals surface area (Å²) in [5.41, 5.74) is 7.52. The molecule has 2 bridgehead atoms. The van der Waals surface area contributed by atoms with Crippen molar-refractivity contribution >= 4 is 5.57 Å². The van der Waals surface area contributed by atoms with E-state index in [-0.39, 0.29) is 0 Å². The van der Waals surface area contributed by atoms with Crippen LogP contribution in [0.3, 0.4) is 0 Å². The van der Waals surface area contributed by atoms with Gasteiger partial charge in [-0.15, -0.1) is 0 Å². The Kier molecular flexibility index (Phi) is 4.66. The van der Waals surface area contributed by atoms with Crippen LogP contribution in [0.4, 0.5) is 0 Å². The molecule has 4 rings (SSSR count). The lowest BCUT2D eigenvalue weighted by atomic mass is 9.80. The SMILES string of the molecule is Cc1cc(C#N)cc(C)c1C1=CC2CCCC(C1)N2Cc1ccccc1. The second-order valence-corrected chi connectivity index (χ2v) is 7.80. The first-order chi connectivity index (χ1) is 12.7. The van der Waals surface area contributed by atoms with Gasteiger partial charge in [0.1, 0.15) is 0 Å². The fraction of sp³-hybridized carbons (Fsp3) is 0.375. The molecule has 2 aromatic carbocycles. The van der Waals surface area contributed by atoms with Gasteiger partial charge in [-0.1, -0.05) is 42.8 Å². The largest absolute Gasteiger partial charge is 0.289 e. The van der Waals surface area contributed by atoms with Crippen LogP contribution >= 0.6 is 0 Å². The first kappa shape index (κ1) is 17.1. The van der Waals surface area contributed by atoms with E-state index in [2.05, 4.69) is 61.2 Å². The summed E-state index contributed by atoms with van der Waals surface area (Å²) in [4.78, 5) is 2.71. The molecule has 2 heterocycles. The highest BCUT2D eigenvalue weighted by Crippen LogP contribution is 2.39. The molecule has 1 saturated heterocycles. The maximum absolute atomic E-state index is 9.22. The molecule has 0 spiro atoms. The second-order valence-electron chi connectivity index (χ2n) is 7.80. The van der Waals surface area contributed by atoms with Crippen LogP contribution in [0, 0.1) is 25.2 Å². The van der Waals surface area contributed by atoms with Crippen molar-refractivity contribution < 1.29 is 0 Å². The zero-order chi connectivity index (χ0) is 18.1. The van der Waals surface area contributed by atoms with Gasteiger partial charge in [0.15, 0.2) is 0 Å². The molecule has 132 valence electrons. The van der Waals surface area contributed by atoms with Crippen molar-refractivity contribution in [2.75, 3.05) is 0 Å². The van der Waals surface area contributed by atoms with Crippen molar-refractivity contribution in [2.45, 2.75) is 58.2 Å². The molecule has 1 fully saturated rings. The number of rotatable bonds is 3. The van der Waals surface area contributed by atoms with Gasteiger partial charge in [-0.05, 0) is 73.1 Å². The second kappa shape index (κ2) is 7.09. The molecule has 0 N–H and O–H groups in total. The van der Waals surface area contributed by atoms with Gasteiger partial charge < -0.3 is 0 Å². The molecule has 2 aliphatic heterocycles. The third-order valence-corrected chi connectivity index (χ3v) is 5.97. The van der Waals surface area contributed by atoms with E-state index in [1.165, 1.54) is 47.1 Å². The zero-order valence-corrected chi connectivity index (χ0v) is 15.7. The Hall–Kier alpha value is -2.37. The molecular weight excluding hydrogens is 316 g/mol. The predicted molar refractivity (Wildman–Crippen MR) is 107 cm³/mol. The fourth-order valence-electron chi connectivity index (χ4n) is 4.88. The van der Waals surface area contributed by atoms with Crippen molar-refractivity contribution in [3.05, 3.63) is 76.4 Å². The van der Waals surface area contributed by atoms with Gasteiger partial charge in [-0.3, -0.25) is 4.90 Å². The van der Waals surface area contributed by atoms with Crippen LogP contribution in [-0.4, -0.2) is 17.0 Å². The molecule has 0 aliphatic carbocycles. The third kappa shape index (κ3) is 3.20. The van der Waals surface area contributed by atoms with Crippen molar-refractivity contribution in [1.29, 1.82) is 5.26 Å². The molecule has 26 heavy (non-hydrogen) atoms. The number of aryl methyl sites for hydroxylation is 2. The number of hydrogen-bond donors (Lipinski definition) is 0. The van der Waals surface area contributed by atoms with Gasteiger partial charge in [0.2, 0.25) is 0 Å². The molecule has 0 saturated carbocycles. The van der Waals surface area contributed by atoms with Crippen LogP contribution in [0.2, 0.25) is 0 Å². The Labute approximate surface area is 156 Å². The summed E-state index contributed by atoms with van der Waals surface area (Å²) in [6.07, 6.45) is 7.50. The molecule has 0 radical (unpaired) electrons. The molecule has 0 amide bonds. The number of nitriles is 1. The Balaban J connectivity index is 1.66. The summed E-state index contributed by atoms with van der Waals surface area (Å²) in [5.74, 6) is 0. The highest BCUT2D eigenvalue weighted by atomic mass is 15.2. The minimum atomic E-state index is 0.534. The lowest BCUT2D eigenvalue weighted by Crippen LogP contribution is -2.47. The maximum atomic E-state index is 9.22. The van der Waals surface area contributed by atoms with E-state index in [9.17, 15) is 5.26 Å². The highest BCUT2D eigenvalue weighted by Gasteiger charge is 2.34. The summed E-state index contributed by atoms with van der Waals surface area (Å²) >= 11 is 0. The lowest BCUT2D eigenvalue weighted by molar-refractivity contribution is 0.0951. The van der Waals surface area contributed by atoms with E-state index >= 15 is 0 Å². The monoisotopic (exact) mass is 342 g/mol. The van der Waals surface area contributed by atoms with Gasteiger partial charge in [0.05, 0.1) is 11.6 Å². The van der Waals surface area contributed by atoms with Crippen molar-refractivity contribution in [1.82, 2.24) is 4.90 Å². The molecule has 2 nitrogen and oxygen atoms in total. The van der Waals surface area contributed by atoms with E-state index in [0.717, 1.165) is 18.5 Å². The molecule has 0 aromatic heterocycles. The normalized spacial score (nSPS) is 22.6. The first-order valence-corrected chi connectivity index (χ1v) is 9.68. The van der Waals surface area contributed by atoms with Crippen LogP contribution in [-0.2, 0) is 6.54 Å². The van der Waals surface area contributed by atoms with Gasteiger partial charge in [-0.2, -0.15) is 5.26 Å². The number of hydrogen-bond acceptors (Lipinski definition) is 2. The summed E-state index contributed by atoms with van der Waals surface area (Å²) in [5, 5.41) is 9.22. The first-order valence-electron chi connectivity index (χ1n) is 9.68. The summed E-state index contributed by atoms with van der Waals surface area (Å²) in [6, 6.07) is 18.4. The standard InChI is InChI=1S/C24H26N2/c1-17-11-20(15-25)12-18(2)24(17)21-13-22-9-6-10-23(14-21)26(22)16-19-7-4-3-5-8-19/h3-5,7-8,11-13,22-23H,6,9-10,14,16H2,1-2H3. The number of nitrogens with zero attached hydrogens (tertiary/aromatic N) is 2. The van der Waals surface area contributed by atoms with Crippen LogP contribution < -0.4 is 0 Å². The average Bonchev–Trinajstić information content (AvgIpc) is 2.62. The Morgan fingerprint density at radius 1 is 1.08 bits per heavy atom. The summed E-state index contributed by atoms with van der Waals surface area (Å²) in [7, 11) is 0. The third-order valence-electron chi connectivity index (χ3n) is 5.97. The predicted octanol–water partition coefficient (Wildman–Crippen LogP) is 5.39. The Morgan fingerprint density at radius 3 is 2.46 bits per heavy atom. The van der Waals surface area contributed by atoms with Gasteiger partial charge >= 0.3 is 0 Å². The van der Waals surface area contributed by atoms with Crippen molar-refractivity contribution in [3.63, 3.8) is 0 Å². The van der Waals surface area contributed by atoms with E-state index < -0.39 is 0 Å². The molecule has 2 atom stereocenters. The highest BCUT2D eigenvalue weighted by molar-refractivity contribution is 5.73. The van der Waals surface area contributed by atoms with Crippen LogP contribution in [0.25, 0.3) is 5.57 Å². The zero-order valence-electron chi connectivity index (χ0n) is 15.7. The van der Waals surface area contributed by atoms with E-state index in [4.69, 9.17) is 0 Å². The molecule has 2 unspecified atom stereocenters. The number of benzene rings is 2. The van der Waals surface area contributed by atoms with Gasteiger partial charge in [-0.25, -0.2) is 0 Å². The van der Waals surface area contributed by atoms with Gasteiger partial charge in [0.25, 0.3) is 0 Å². The van der Waals surface area contributed by atoms with Crippen LogP contribution in [0.5, 0.6) is 0 Å². The summed E-state index contributed by atoms with van der Waals surface area (Å²) < 4.78 is 0. The molecule has 2 aliphatic rings. The quantitative estimate of drug-likeness (QED) is 0.748. The van der Waals surface area contributed by atoms with E-state index in [1.807, 2.05) is 12.1 Å². The number of piperidine rings is 1. The van der Waals surface area contributed by atoms with Crippen molar-refractivity contribution in [3.8, 4) is 6.07 Å². The maximum Gasteiger partial charge on any atom is 0.0991 e. The average molecular weight is 342 g/mol. The minimum absolute atomic E-state index is 0.534. The van der Waals surface area contributed by atoms with Crippen molar-refractivity contribution in [2.24, 2.45) is 0 Å². The molecule has 2 heteroatoms. The van der Waals surface area contributed by atoms with Crippen LogP contribution in [0.1, 0.15) is 53.5 Å². The van der Waals surface area contributed by atoms with E-state index in [1.54, 1.807) is 0 Å². The number of fused-ring (bicyclic) bond motifs is 2. The van der Waals surface area contributed by atoms with Crippen LogP contribution in [0.15, 0.2) is 48.5 Å². The Morgan fingerprint density at radius 2 is 1.81 bits per heavy atom. The minimum Gasteiger partial charge on any atom is -0.289 e. The smallest absolute Gasteiger partial charge is 0.0991 e. The lowest BCUT2D eigenvalue weighted by Gasteiger charge is -2.45. The fourth-order valence-corrected chi connectivity index (χ4v) is 4.88.